The second-order valence-corrected chi connectivity index (χ2v) is 5.65. The molecule has 1 fully saturated rings. The minimum atomic E-state index is -0.568. The summed E-state index contributed by atoms with van der Waals surface area (Å²) in [6.07, 6.45) is 2.46. The van der Waals surface area contributed by atoms with E-state index in [9.17, 15) is 4.79 Å². The van der Waals surface area contributed by atoms with Gasteiger partial charge in [0, 0.05) is 23.6 Å². The van der Waals surface area contributed by atoms with E-state index >= 15 is 0 Å². The first-order valence-corrected chi connectivity index (χ1v) is 7.36. The lowest BCUT2D eigenvalue weighted by molar-refractivity contribution is -0.146. The minimum Gasteiger partial charge on any atom is -0.352 e. The van der Waals surface area contributed by atoms with Gasteiger partial charge in [0.2, 0.25) is 5.91 Å². The highest BCUT2D eigenvalue weighted by atomic mass is 35.5. The molecular formula is C16H20ClNO3. The van der Waals surface area contributed by atoms with Gasteiger partial charge in [0.25, 0.3) is 0 Å². The first-order valence-electron chi connectivity index (χ1n) is 6.98. The Bertz CT molecular complexity index is 519. The lowest BCUT2D eigenvalue weighted by atomic mass is 10.1. The van der Waals surface area contributed by atoms with Crippen LogP contribution in [0.25, 0.3) is 6.08 Å². The van der Waals surface area contributed by atoms with E-state index in [4.69, 9.17) is 21.1 Å². The van der Waals surface area contributed by atoms with Gasteiger partial charge in [-0.1, -0.05) is 23.7 Å². The Balaban J connectivity index is 1.83. The maximum Gasteiger partial charge on any atom is 0.246 e. The molecule has 1 aliphatic heterocycles. The minimum absolute atomic E-state index is 0.0912. The highest BCUT2D eigenvalue weighted by Crippen LogP contribution is 2.21. The van der Waals surface area contributed by atoms with Crippen LogP contribution in [0, 0.1) is 0 Å². The molecule has 5 heteroatoms. The monoisotopic (exact) mass is 309 g/mol. The van der Waals surface area contributed by atoms with Gasteiger partial charge in [-0.2, -0.15) is 0 Å². The lowest BCUT2D eigenvalue weighted by Gasteiger charge is -2.22. The van der Waals surface area contributed by atoms with Crippen LogP contribution in [0.4, 0.5) is 0 Å². The maximum absolute atomic E-state index is 12.0. The molecule has 0 aromatic heterocycles. The van der Waals surface area contributed by atoms with Crippen molar-refractivity contribution in [2.75, 3.05) is 19.8 Å². The third kappa shape index (κ3) is 4.84. The third-order valence-electron chi connectivity index (χ3n) is 3.37. The standard InChI is InChI=1S/C16H20ClNO3/c1-12(11-13-3-5-14(17)6-4-13)15(19)18-8-7-16(2)20-9-10-21-16/h3-6,11H,7-10H2,1-2H3,(H,18,19)/b12-11+. The quantitative estimate of drug-likeness (QED) is 0.851. The Labute approximate surface area is 130 Å². The SMILES string of the molecule is C/C(=C\c1ccc(Cl)cc1)C(=O)NCCC1(C)OCCO1. The number of rotatable bonds is 5. The van der Waals surface area contributed by atoms with Crippen molar-refractivity contribution in [1.29, 1.82) is 0 Å². The first-order chi connectivity index (χ1) is 9.98. The van der Waals surface area contributed by atoms with Crippen LogP contribution in [0.1, 0.15) is 25.8 Å². The van der Waals surface area contributed by atoms with Crippen molar-refractivity contribution < 1.29 is 14.3 Å². The summed E-state index contributed by atoms with van der Waals surface area (Å²) in [5, 5.41) is 3.55. The van der Waals surface area contributed by atoms with Crippen molar-refractivity contribution in [2.24, 2.45) is 0 Å². The summed E-state index contributed by atoms with van der Waals surface area (Å²) in [6, 6.07) is 7.35. The number of ether oxygens (including phenoxy) is 2. The van der Waals surface area contributed by atoms with Crippen LogP contribution in [0.2, 0.25) is 5.02 Å². The molecule has 1 aliphatic rings. The van der Waals surface area contributed by atoms with Gasteiger partial charge in [0.15, 0.2) is 5.79 Å². The van der Waals surface area contributed by atoms with Gasteiger partial charge < -0.3 is 14.8 Å². The van der Waals surface area contributed by atoms with Gasteiger partial charge in [-0.15, -0.1) is 0 Å². The number of hydrogen-bond donors (Lipinski definition) is 1. The van der Waals surface area contributed by atoms with Crippen molar-refractivity contribution in [1.82, 2.24) is 5.32 Å². The number of nitrogens with one attached hydrogen (secondary N) is 1. The molecule has 0 atom stereocenters. The number of carbonyl (C=O) groups excluding carboxylic acids is 1. The molecule has 0 bridgehead atoms. The van der Waals surface area contributed by atoms with Gasteiger partial charge in [-0.05, 0) is 37.6 Å². The van der Waals surface area contributed by atoms with Crippen LogP contribution in [0.15, 0.2) is 29.8 Å². The fourth-order valence-electron chi connectivity index (χ4n) is 2.12. The van der Waals surface area contributed by atoms with E-state index in [0.717, 1.165) is 5.56 Å². The molecule has 0 unspecified atom stereocenters. The summed E-state index contributed by atoms with van der Waals surface area (Å²) in [4.78, 5) is 12.0. The zero-order valence-electron chi connectivity index (χ0n) is 12.3. The Morgan fingerprint density at radius 3 is 2.57 bits per heavy atom. The van der Waals surface area contributed by atoms with E-state index in [1.54, 1.807) is 19.1 Å². The van der Waals surface area contributed by atoms with Gasteiger partial charge in [-0.3, -0.25) is 4.79 Å². The van der Waals surface area contributed by atoms with Gasteiger partial charge in [-0.25, -0.2) is 0 Å². The molecule has 1 aromatic rings. The van der Waals surface area contributed by atoms with Crippen LogP contribution in [-0.2, 0) is 14.3 Å². The molecule has 1 saturated heterocycles. The second kappa shape index (κ2) is 7.07. The molecule has 0 spiro atoms. The molecule has 1 N–H and O–H groups in total. The Morgan fingerprint density at radius 2 is 1.95 bits per heavy atom. The van der Waals surface area contributed by atoms with E-state index in [-0.39, 0.29) is 5.91 Å². The number of amides is 1. The van der Waals surface area contributed by atoms with Crippen LogP contribution in [0.5, 0.6) is 0 Å². The first kappa shape index (κ1) is 16.0. The molecule has 2 rings (SSSR count). The van der Waals surface area contributed by atoms with Crippen molar-refractivity contribution >= 4 is 23.6 Å². The van der Waals surface area contributed by atoms with Gasteiger partial charge in [0.1, 0.15) is 0 Å². The predicted octanol–water partition coefficient (Wildman–Crippen LogP) is 3.01. The normalized spacial score (nSPS) is 17.8. The number of halogens is 1. The number of hydrogen-bond acceptors (Lipinski definition) is 3. The summed E-state index contributed by atoms with van der Waals surface area (Å²) in [6.45, 7) is 5.41. The smallest absolute Gasteiger partial charge is 0.246 e. The average Bonchev–Trinajstić information content (AvgIpc) is 2.88. The molecule has 0 aliphatic carbocycles. The highest BCUT2D eigenvalue weighted by Gasteiger charge is 2.30. The van der Waals surface area contributed by atoms with Crippen molar-refractivity contribution in [3.8, 4) is 0 Å². The third-order valence-corrected chi connectivity index (χ3v) is 3.63. The van der Waals surface area contributed by atoms with Crippen LogP contribution in [-0.4, -0.2) is 31.5 Å². The molecule has 21 heavy (non-hydrogen) atoms. The van der Waals surface area contributed by atoms with Crippen LogP contribution < -0.4 is 5.32 Å². The van der Waals surface area contributed by atoms with Crippen molar-refractivity contribution in [3.05, 3.63) is 40.4 Å². The van der Waals surface area contributed by atoms with E-state index in [2.05, 4.69) is 5.32 Å². The number of carbonyl (C=O) groups is 1. The maximum atomic E-state index is 12.0. The fraction of sp³-hybridized carbons (Fsp3) is 0.438. The average molecular weight is 310 g/mol. The molecule has 114 valence electrons. The van der Waals surface area contributed by atoms with Gasteiger partial charge >= 0.3 is 0 Å². The van der Waals surface area contributed by atoms with Crippen LogP contribution in [0.3, 0.4) is 0 Å². The van der Waals surface area contributed by atoms with E-state index < -0.39 is 5.79 Å². The van der Waals surface area contributed by atoms with E-state index in [1.165, 1.54) is 0 Å². The Kier molecular flexibility index (Phi) is 5.39. The van der Waals surface area contributed by atoms with E-state index in [1.807, 2.05) is 25.1 Å². The molecule has 1 heterocycles. The summed E-state index contributed by atoms with van der Waals surface area (Å²) >= 11 is 5.83. The topological polar surface area (TPSA) is 47.6 Å². The second-order valence-electron chi connectivity index (χ2n) is 5.22. The predicted molar refractivity (Wildman–Crippen MR) is 83.0 cm³/mol. The van der Waals surface area contributed by atoms with Crippen molar-refractivity contribution in [2.45, 2.75) is 26.1 Å². The lowest BCUT2D eigenvalue weighted by Crippen LogP contribution is -2.33. The molecule has 0 saturated carbocycles. The molecular weight excluding hydrogens is 290 g/mol. The van der Waals surface area contributed by atoms with Crippen LogP contribution >= 0.6 is 11.6 Å². The Hall–Kier alpha value is -1.36. The van der Waals surface area contributed by atoms with Gasteiger partial charge in [0.05, 0.1) is 13.2 Å². The van der Waals surface area contributed by atoms with Crippen molar-refractivity contribution in [3.63, 3.8) is 0 Å². The molecule has 1 aromatic carbocycles. The molecule has 4 nitrogen and oxygen atoms in total. The molecule has 1 amide bonds. The summed E-state index contributed by atoms with van der Waals surface area (Å²) in [5.74, 6) is -0.660. The fourth-order valence-corrected chi connectivity index (χ4v) is 2.24. The summed E-state index contributed by atoms with van der Waals surface area (Å²) < 4.78 is 11.0. The van der Waals surface area contributed by atoms with E-state index in [0.29, 0.717) is 36.8 Å². The largest absolute Gasteiger partial charge is 0.352 e. The molecule has 0 radical (unpaired) electrons. The number of benzene rings is 1. The summed E-state index contributed by atoms with van der Waals surface area (Å²) in [7, 11) is 0. The Morgan fingerprint density at radius 1 is 1.33 bits per heavy atom. The zero-order valence-corrected chi connectivity index (χ0v) is 13.1. The highest BCUT2D eigenvalue weighted by molar-refractivity contribution is 6.30. The summed E-state index contributed by atoms with van der Waals surface area (Å²) in [5.41, 5.74) is 1.59. The zero-order chi connectivity index (χ0) is 15.3.